The van der Waals surface area contributed by atoms with Crippen LogP contribution in [0.4, 0.5) is 0 Å². The standard InChI is InChI=1S/C28H29N2O.C18H24NSi.Ir/c1-17(2)25-11-10-23-22-4-3-5-24(27(22)31-28(23)30-25)26-16-19(12-13-29-26)15-21-14-18-6-8-20(21)9-7-18;1-14(2)11-16-12-17(15-9-7-6-8-10-15)19-13-18(16)20(3,4)5;/h3-4,10-13,16-18,20-21H,6-9,14-15H2,1-2H3;6-9,12-14H,11H2,1-5H3;/q2*-1;. The first-order valence-corrected chi connectivity index (χ1v) is 22.7. The zero-order valence-corrected chi connectivity index (χ0v) is 35.3. The van der Waals surface area contributed by atoms with E-state index in [-0.39, 0.29) is 20.1 Å². The van der Waals surface area contributed by atoms with E-state index < -0.39 is 8.07 Å². The molecule has 1 radical (unpaired) electrons. The molecule has 6 heteroatoms. The van der Waals surface area contributed by atoms with E-state index in [1.807, 2.05) is 30.5 Å². The van der Waals surface area contributed by atoms with Crippen molar-refractivity contribution in [1.82, 2.24) is 15.0 Å². The number of nitrogens with zero attached hydrogens (tertiary/aromatic N) is 3. The van der Waals surface area contributed by atoms with Crippen LogP contribution in [0.1, 0.15) is 82.5 Å². The maximum atomic E-state index is 6.28. The van der Waals surface area contributed by atoms with Gasteiger partial charge in [-0.05, 0) is 96.5 Å². The number of fused-ring (bicyclic) bond motifs is 6. The molecule has 0 amide bonds. The van der Waals surface area contributed by atoms with Crippen molar-refractivity contribution in [2.45, 2.75) is 98.2 Å². The van der Waals surface area contributed by atoms with Crippen LogP contribution in [0.3, 0.4) is 0 Å². The second-order valence-electron chi connectivity index (χ2n) is 16.8. The molecule has 9 rings (SSSR count). The molecule has 0 spiro atoms. The Hall–Kier alpha value is -3.44. The summed E-state index contributed by atoms with van der Waals surface area (Å²) in [6.07, 6.45) is 13.6. The van der Waals surface area contributed by atoms with Crippen LogP contribution in [0.25, 0.3) is 44.6 Å². The zero-order chi connectivity index (χ0) is 35.7. The average Bonchev–Trinajstić information content (AvgIpc) is 3.50. The Morgan fingerprint density at radius 2 is 1.65 bits per heavy atom. The van der Waals surface area contributed by atoms with Crippen LogP contribution in [-0.2, 0) is 32.9 Å². The number of pyridine rings is 3. The summed E-state index contributed by atoms with van der Waals surface area (Å²) in [5.41, 5.74) is 9.48. The van der Waals surface area contributed by atoms with Crippen LogP contribution in [0.5, 0.6) is 0 Å². The molecule has 1 unspecified atom stereocenters. The summed E-state index contributed by atoms with van der Waals surface area (Å²) in [5, 5.41) is 3.64. The summed E-state index contributed by atoms with van der Waals surface area (Å²) in [6, 6.07) is 29.8. The molecule has 3 aliphatic rings. The van der Waals surface area contributed by atoms with E-state index in [1.165, 1.54) is 54.8 Å². The number of furan rings is 1. The van der Waals surface area contributed by atoms with Gasteiger partial charge in [0.2, 0.25) is 5.71 Å². The van der Waals surface area contributed by atoms with Gasteiger partial charge in [-0.15, -0.1) is 54.1 Å². The molecule has 3 aliphatic carbocycles. The topological polar surface area (TPSA) is 51.8 Å². The second kappa shape index (κ2) is 16.3. The molecule has 2 aromatic carbocycles. The third-order valence-electron chi connectivity index (χ3n) is 11.1. The van der Waals surface area contributed by atoms with Crippen LogP contribution in [0.15, 0.2) is 83.5 Å². The van der Waals surface area contributed by atoms with E-state index in [1.54, 1.807) is 0 Å². The van der Waals surface area contributed by atoms with Gasteiger partial charge in [-0.25, -0.2) is 4.98 Å². The fraction of sp³-hybridized carbons (Fsp3) is 0.413. The van der Waals surface area contributed by atoms with Crippen molar-refractivity contribution >= 4 is 35.3 Å². The summed E-state index contributed by atoms with van der Waals surface area (Å²) in [4.78, 5) is 14.2. The molecule has 6 aromatic rings. The smallest absolute Gasteiger partial charge is 0.216 e. The van der Waals surface area contributed by atoms with E-state index >= 15 is 0 Å². The molecule has 2 bridgehead atoms. The first-order valence-electron chi connectivity index (χ1n) is 19.2. The Balaban J connectivity index is 0.000000193. The fourth-order valence-corrected chi connectivity index (χ4v) is 10.0. The van der Waals surface area contributed by atoms with E-state index in [0.717, 1.165) is 68.7 Å². The minimum Gasteiger partial charge on any atom is -0.486 e. The van der Waals surface area contributed by atoms with Gasteiger partial charge < -0.3 is 14.4 Å². The quantitative estimate of drug-likeness (QED) is 0.113. The van der Waals surface area contributed by atoms with Crippen molar-refractivity contribution in [2.75, 3.05) is 0 Å². The third kappa shape index (κ3) is 8.51. The average molecular weight is 884 g/mol. The van der Waals surface area contributed by atoms with Crippen molar-refractivity contribution in [3.05, 3.63) is 108 Å². The largest absolute Gasteiger partial charge is 0.486 e. The van der Waals surface area contributed by atoms with Gasteiger partial charge in [0.25, 0.3) is 0 Å². The summed E-state index contributed by atoms with van der Waals surface area (Å²) in [6.45, 7) is 16.0. The number of aromatic nitrogens is 3. The van der Waals surface area contributed by atoms with E-state index in [9.17, 15) is 0 Å². The molecule has 0 N–H and O–H groups in total. The van der Waals surface area contributed by atoms with Gasteiger partial charge in [0.1, 0.15) is 0 Å². The van der Waals surface area contributed by atoms with Crippen molar-refractivity contribution in [3.8, 4) is 22.5 Å². The molecular formula is C46H53IrN3OSi-2. The Bertz CT molecular complexity index is 2110. The molecule has 52 heavy (non-hydrogen) atoms. The third-order valence-corrected chi connectivity index (χ3v) is 13.2. The molecular weight excluding hydrogens is 831 g/mol. The Morgan fingerprint density at radius 1 is 0.846 bits per heavy atom. The first kappa shape index (κ1) is 38.3. The predicted molar refractivity (Wildman–Crippen MR) is 215 cm³/mol. The minimum absolute atomic E-state index is 0. The van der Waals surface area contributed by atoms with Gasteiger partial charge in [0.05, 0.1) is 13.7 Å². The van der Waals surface area contributed by atoms with Gasteiger partial charge in [0.15, 0.2) is 0 Å². The monoisotopic (exact) mass is 884 g/mol. The maximum absolute atomic E-state index is 6.28. The minimum atomic E-state index is -1.34. The van der Waals surface area contributed by atoms with E-state index in [4.69, 9.17) is 14.4 Å². The second-order valence-corrected chi connectivity index (χ2v) is 21.9. The number of hydrogen-bond acceptors (Lipinski definition) is 4. The normalized spacial score (nSPS) is 18.4. The first-order chi connectivity index (χ1) is 24.5. The van der Waals surface area contributed by atoms with E-state index in [2.05, 4.69) is 113 Å². The van der Waals surface area contributed by atoms with Crippen LogP contribution in [0, 0.1) is 35.8 Å². The van der Waals surface area contributed by atoms with Gasteiger partial charge in [0, 0.05) is 43.6 Å². The van der Waals surface area contributed by atoms with Crippen molar-refractivity contribution < 1.29 is 24.5 Å². The zero-order valence-electron chi connectivity index (χ0n) is 31.9. The Morgan fingerprint density at radius 3 is 2.33 bits per heavy atom. The number of rotatable bonds is 8. The van der Waals surface area contributed by atoms with Crippen LogP contribution < -0.4 is 5.19 Å². The molecule has 3 saturated carbocycles. The summed E-state index contributed by atoms with van der Waals surface area (Å²) in [5.74, 6) is 3.77. The predicted octanol–water partition coefficient (Wildman–Crippen LogP) is 11.6. The molecule has 3 fully saturated rings. The maximum Gasteiger partial charge on any atom is 0.216 e. The molecule has 0 aliphatic heterocycles. The van der Waals surface area contributed by atoms with Gasteiger partial charge in [-0.3, -0.25) is 0 Å². The fourth-order valence-electron chi connectivity index (χ4n) is 8.44. The number of hydrogen-bond donors (Lipinski definition) is 0. The Labute approximate surface area is 325 Å². The molecule has 0 saturated heterocycles. The molecule has 4 heterocycles. The van der Waals surface area contributed by atoms with Crippen LogP contribution in [-0.4, -0.2) is 23.0 Å². The van der Waals surface area contributed by atoms with Crippen LogP contribution >= 0.6 is 0 Å². The van der Waals surface area contributed by atoms with Gasteiger partial charge >= 0.3 is 0 Å². The van der Waals surface area contributed by atoms with Crippen molar-refractivity contribution in [3.63, 3.8) is 0 Å². The van der Waals surface area contributed by atoms with Crippen LogP contribution in [0.2, 0.25) is 19.6 Å². The molecule has 4 aromatic heterocycles. The van der Waals surface area contributed by atoms with Crippen molar-refractivity contribution in [1.29, 1.82) is 0 Å². The van der Waals surface area contributed by atoms with Gasteiger partial charge in [-0.2, -0.15) is 0 Å². The van der Waals surface area contributed by atoms with E-state index in [0.29, 0.717) is 17.5 Å². The molecule has 273 valence electrons. The SMILES string of the molecule is CC(C)Cc1cc(-c2[c-]cccc2)ncc1[Si](C)(C)C.CC(C)c1ccc2c(n1)oc1c(-c3cc(CC4CC5CCC4CC5)ccn3)[c-]ccc12.[Ir]. The molecule has 4 nitrogen and oxygen atoms in total. The molecule has 1 atom stereocenters. The summed E-state index contributed by atoms with van der Waals surface area (Å²) < 4.78 is 6.28. The van der Waals surface area contributed by atoms with Gasteiger partial charge in [-0.1, -0.05) is 94.4 Å². The van der Waals surface area contributed by atoms with Crippen molar-refractivity contribution in [2.24, 2.45) is 23.7 Å². The number of benzene rings is 2. The summed E-state index contributed by atoms with van der Waals surface area (Å²) >= 11 is 0. The Kier molecular flexibility index (Phi) is 12.0. The summed E-state index contributed by atoms with van der Waals surface area (Å²) in [7, 11) is -1.34.